The van der Waals surface area contributed by atoms with Crippen LogP contribution in [0.15, 0.2) is 0 Å². The first-order chi connectivity index (χ1) is 7.38. The quantitative estimate of drug-likeness (QED) is 0.668. The molecule has 4 heteroatoms. The van der Waals surface area contributed by atoms with Gasteiger partial charge in [-0.2, -0.15) is 0 Å². The second-order valence-electron chi connectivity index (χ2n) is 4.44. The largest absolute Gasteiger partial charge is 0.481 e. The Balaban J connectivity index is 4.43. The Kier molecular flexibility index (Phi) is 6.60. The molecule has 0 aromatic rings. The van der Waals surface area contributed by atoms with Crippen molar-refractivity contribution in [3.8, 4) is 0 Å². The van der Waals surface area contributed by atoms with Gasteiger partial charge >= 0.3 is 5.97 Å². The molecule has 0 saturated heterocycles. The smallest absolute Gasteiger partial charge is 0.304 e. The number of carboxylic acid groups (broad SMARTS) is 1. The van der Waals surface area contributed by atoms with Crippen molar-refractivity contribution in [2.24, 2.45) is 0 Å². The SMILES string of the molecule is CCN(CC(O)(CC)CC)C(C)CC(=O)O. The van der Waals surface area contributed by atoms with Crippen molar-refractivity contribution in [1.82, 2.24) is 4.90 Å². The second-order valence-corrected chi connectivity index (χ2v) is 4.44. The van der Waals surface area contributed by atoms with Gasteiger partial charge < -0.3 is 10.2 Å². The standard InChI is InChI=1S/C12H25NO3/c1-5-12(16,6-2)9-13(7-3)10(4)8-11(14)15/h10,16H,5-9H2,1-4H3,(H,14,15). The molecule has 96 valence electrons. The topological polar surface area (TPSA) is 60.8 Å². The van der Waals surface area contributed by atoms with Gasteiger partial charge in [-0.3, -0.25) is 9.69 Å². The molecule has 0 aromatic carbocycles. The van der Waals surface area contributed by atoms with Crippen LogP contribution >= 0.6 is 0 Å². The normalized spacial score (nSPS) is 14.1. The highest BCUT2D eigenvalue weighted by atomic mass is 16.4. The van der Waals surface area contributed by atoms with Crippen LogP contribution in [0.1, 0.15) is 47.0 Å². The van der Waals surface area contributed by atoms with Gasteiger partial charge in [0.2, 0.25) is 0 Å². The van der Waals surface area contributed by atoms with Crippen LogP contribution in [0.2, 0.25) is 0 Å². The molecule has 0 aromatic heterocycles. The molecular formula is C12H25NO3. The molecule has 2 N–H and O–H groups in total. The lowest BCUT2D eigenvalue weighted by Gasteiger charge is -2.35. The van der Waals surface area contributed by atoms with Gasteiger partial charge in [0.25, 0.3) is 0 Å². The summed E-state index contributed by atoms with van der Waals surface area (Å²) in [6.45, 7) is 9.10. The molecule has 0 bridgehead atoms. The zero-order chi connectivity index (χ0) is 12.8. The van der Waals surface area contributed by atoms with Gasteiger partial charge in [-0.15, -0.1) is 0 Å². The van der Waals surface area contributed by atoms with Gasteiger partial charge in [0, 0.05) is 12.6 Å². The fraction of sp³-hybridized carbons (Fsp3) is 0.917. The van der Waals surface area contributed by atoms with Crippen LogP contribution in [-0.2, 0) is 4.79 Å². The molecular weight excluding hydrogens is 206 g/mol. The zero-order valence-corrected chi connectivity index (χ0v) is 10.9. The number of aliphatic carboxylic acids is 1. The number of aliphatic hydroxyl groups is 1. The lowest BCUT2D eigenvalue weighted by molar-refractivity contribution is -0.138. The number of carbonyl (C=O) groups is 1. The Morgan fingerprint density at radius 1 is 1.31 bits per heavy atom. The number of hydrogen-bond donors (Lipinski definition) is 2. The van der Waals surface area contributed by atoms with E-state index >= 15 is 0 Å². The lowest BCUT2D eigenvalue weighted by Crippen LogP contribution is -2.46. The third-order valence-corrected chi connectivity index (χ3v) is 3.31. The summed E-state index contributed by atoms with van der Waals surface area (Å²) in [5, 5.41) is 19.0. The van der Waals surface area contributed by atoms with Crippen LogP contribution in [0.25, 0.3) is 0 Å². The fourth-order valence-electron chi connectivity index (χ4n) is 1.81. The molecule has 0 radical (unpaired) electrons. The molecule has 16 heavy (non-hydrogen) atoms. The second kappa shape index (κ2) is 6.86. The van der Waals surface area contributed by atoms with Crippen molar-refractivity contribution in [2.75, 3.05) is 13.1 Å². The summed E-state index contributed by atoms with van der Waals surface area (Å²) < 4.78 is 0. The minimum Gasteiger partial charge on any atom is -0.481 e. The van der Waals surface area contributed by atoms with Crippen molar-refractivity contribution >= 4 is 5.97 Å². The number of nitrogens with zero attached hydrogens (tertiary/aromatic N) is 1. The Labute approximate surface area is 98.3 Å². The molecule has 0 aliphatic carbocycles. The number of hydrogen-bond acceptors (Lipinski definition) is 3. The van der Waals surface area contributed by atoms with Gasteiger partial charge in [-0.05, 0) is 26.3 Å². The van der Waals surface area contributed by atoms with Crippen molar-refractivity contribution in [3.05, 3.63) is 0 Å². The van der Waals surface area contributed by atoms with Gasteiger partial charge in [-0.1, -0.05) is 20.8 Å². The summed E-state index contributed by atoms with van der Waals surface area (Å²) >= 11 is 0. The van der Waals surface area contributed by atoms with E-state index in [1.165, 1.54) is 0 Å². The molecule has 0 rings (SSSR count). The first-order valence-corrected chi connectivity index (χ1v) is 6.06. The highest BCUT2D eigenvalue weighted by Gasteiger charge is 2.27. The summed E-state index contributed by atoms with van der Waals surface area (Å²) in [7, 11) is 0. The molecule has 1 atom stereocenters. The fourth-order valence-corrected chi connectivity index (χ4v) is 1.81. The summed E-state index contributed by atoms with van der Waals surface area (Å²) in [5.74, 6) is -0.789. The van der Waals surface area contributed by atoms with Crippen LogP contribution in [0, 0.1) is 0 Å². The maximum atomic E-state index is 10.6. The van der Waals surface area contributed by atoms with Gasteiger partial charge in [0.15, 0.2) is 0 Å². The predicted molar refractivity (Wildman–Crippen MR) is 64.5 cm³/mol. The Bertz CT molecular complexity index is 214. The van der Waals surface area contributed by atoms with Crippen molar-refractivity contribution < 1.29 is 15.0 Å². The molecule has 0 aliphatic heterocycles. The van der Waals surface area contributed by atoms with Crippen molar-refractivity contribution in [3.63, 3.8) is 0 Å². The van der Waals surface area contributed by atoms with Crippen LogP contribution < -0.4 is 0 Å². The number of likely N-dealkylation sites (N-methyl/N-ethyl adjacent to an activating group) is 1. The molecule has 4 nitrogen and oxygen atoms in total. The van der Waals surface area contributed by atoms with Crippen molar-refractivity contribution in [1.29, 1.82) is 0 Å². The molecule has 0 amide bonds. The van der Waals surface area contributed by atoms with Crippen LogP contribution in [0.4, 0.5) is 0 Å². The summed E-state index contributed by atoms with van der Waals surface area (Å²) in [5.41, 5.74) is -0.692. The number of carboxylic acids is 1. The van der Waals surface area contributed by atoms with E-state index in [4.69, 9.17) is 5.11 Å². The third-order valence-electron chi connectivity index (χ3n) is 3.31. The van der Waals surface area contributed by atoms with Crippen LogP contribution in [0.5, 0.6) is 0 Å². The highest BCUT2D eigenvalue weighted by molar-refractivity contribution is 5.67. The Morgan fingerprint density at radius 2 is 1.81 bits per heavy atom. The van der Waals surface area contributed by atoms with E-state index in [2.05, 4.69) is 0 Å². The van der Waals surface area contributed by atoms with E-state index in [-0.39, 0.29) is 12.5 Å². The molecule has 0 fully saturated rings. The Hall–Kier alpha value is -0.610. The molecule has 0 saturated carbocycles. The van der Waals surface area contributed by atoms with Crippen molar-refractivity contribution in [2.45, 2.75) is 58.6 Å². The first-order valence-electron chi connectivity index (χ1n) is 6.06. The Morgan fingerprint density at radius 3 is 2.12 bits per heavy atom. The van der Waals surface area contributed by atoms with Crippen LogP contribution in [0.3, 0.4) is 0 Å². The minimum absolute atomic E-state index is 0.0351. The van der Waals surface area contributed by atoms with E-state index in [0.29, 0.717) is 19.4 Å². The maximum absolute atomic E-state index is 10.6. The van der Waals surface area contributed by atoms with E-state index in [1.54, 1.807) is 0 Å². The molecule has 0 aliphatic rings. The van der Waals surface area contributed by atoms with E-state index < -0.39 is 11.6 Å². The average Bonchev–Trinajstić information content (AvgIpc) is 2.24. The van der Waals surface area contributed by atoms with Gasteiger partial charge in [0.05, 0.1) is 12.0 Å². The van der Waals surface area contributed by atoms with E-state index in [0.717, 1.165) is 6.54 Å². The van der Waals surface area contributed by atoms with Crippen LogP contribution in [-0.4, -0.2) is 45.8 Å². The number of rotatable bonds is 8. The monoisotopic (exact) mass is 231 g/mol. The maximum Gasteiger partial charge on any atom is 0.304 e. The summed E-state index contributed by atoms with van der Waals surface area (Å²) in [4.78, 5) is 12.7. The zero-order valence-electron chi connectivity index (χ0n) is 10.9. The average molecular weight is 231 g/mol. The molecule has 0 spiro atoms. The summed E-state index contributed by atoms with van der Waals surface area (Å²) in [6, 6.07) is -0.0351. The first kappa shape index (κ1) is 15.4. The third kappa shape index (κ3) is 4.94. The minimum atomic E-state index is -0.789. The predicted octanol–water partition coefficient (Wildman–Crippen LogP) is 1.72. The van der Waals surface area contributed by atoms with E-state index in [9.17, 15) is 9.90 Å². The van der Waals surface area contributed by atoms with E-state index in [1.807, 2.05) is 32.6 Å². The molecule has 1 unspecified atom stereocenters. The molecule has 0 heterocycles. The highest BCUT2D eigenvalue weighted by Crippen LogP contribution is 2.18. The van der Waals surface area contributed by atoms with Gasteiger partial charge in [-0.25, -0.2) is 0 Å². The lowest BCUT2D eigenvalue weighted by atomic mass is 9.96. The van der Waals surface area contributed by atoms with Gasteiger partial charge in [0.1, 0.15) is 0 Å². The summed E-state index contributed by atoms with van der Waals surface area (Å²) in [6.07, 6.45) is 1.51.